The van der Waals surface area contributed by atoms with Crippen LogP contribution in [0.4, 0.5) is 5.69 Å². The lowest BCUT2D eigenvalue weighted by molar-refractivity contribution is 0.293. The van der Waals surface area contributed by atoms with E-state index in [0.717, 1.165) is 5.65 Å². The summed E-state index contributed by atoms with van der Waals surface area (Å²) in [6, 6.07) is 13.3. The third-order valence-corrected chi connectivity index (χ3v) is 5.82. The molecule has 0 unspecified atom stereocenters. The van der Waals surface area contributed by atoms with Crippen molar-refractivity contribution in [2.24, 2.45) is 0 Å². The molecule has 2 aromatic heterocycles. The Morgan fingerprint density at radius 2 is 1.75 bits per heavy atom. The second-order valence-corrected chi connectivity index (χ2v) is 7.13. The van der Waals surface area contributed by atoms with Crippen LogP contribution in [-0.4, -0.2) is 27.7 Å². The molecule has 2 aliphatic rings. The maximum atomic E-state index is 4.83. The summed E-state index contributed by atoms with van der Waals surface area (Å²) in [5.74, 6) is 0. The average molecular weight is 318 g/mol. The third kappa shape index (κ3) is 2.05. The van der Waals surface area contributed by atoms with Gasteiger partial charge in [-0.3, -0.25) is 0 Å². The van der Waals surface area contributed by atoms with Crippen LogP contribution in [-0.2, 0) is 5.41 Å². The van der Waals surface area contributed by atoms with Gasteiger partial charge in [-0.2, -0.15) is 5.10 Å². The lowest BCUT2D eigenvalue weighted by Crippen LogP contribution is -2.36. The van der Waals surface area contributed by atoms with Gasteiger partial charge < -0.3 is 4.90 Å². The number of aromatic nitrogens is 3. The van der Waals surface area contributed by atoms with Crippen LogP contribution < -0.4 is 4.90 Å². The first-order valence-electron chi connectivity index (χ1n) is 9.02. The summed E-state index contributed by atoms with van der Waals surface area (Å²) >= 11 is 0. The Bertz CT molecular complexity index is 822. The van der Waals surface area contributed by atoms with Crippen molar-refractivity contribution in [1.82, 2.24) is 14.6 Å². The second-order valence-electron chi connectivity index (χ2n) is 7.13. The number of rotatable bonds is 3. The van der Waals surface area contributed by atoms with Gasteiger partial charge in [-0.25, -0.2) is 9.50 Å². The van der Waals surface area contributed by atoms with Gasteiger partial charge in [0.15, 0.2) is 5.65 Å². The van der Waals surface area contributed by atoms with Crippen molar-refractivity contribution in [3.8, 4) is 0 Å². The number of fused-ring (bicyclic) bond motifs is 1. The van der Waals surface area contributed by atoms with E-state index in [2.05, 4.69) is 40.2 Å². The lowest BCUT2D eigenvalue weighted by atomic mass is 9.62. The van der Waals surface area contributed by atoms with E-state index in [4.69, 9.17) is 5.10 Å². The molecule has 3 aromatic rings. The van der Waals surface area contributed by atoms with Crippen LogP contribution in [0, 0.1) is 0 Å². The monoisotopic (exact) mass is 318 g/mol. The third-order valence-electron chi connectivity index (χ3n) is 5.82. The Balaban J connectivity index is 1.52. The summed E-state index contributed by atoms with van der Waals surface area (Å²) in [7, 11) is 0. The molecule has 0 radical (unpaired) electrons. The molecular weight excluding hydrogens is 296 g/mol. The standard InChI is InChI=1S/C20H22N4/c1-2-13-23(12-1)17-7-5-16(6-8-17)20(9-3-10-20)18-15-19-21-11-4-14-24(19)22-18/h4-8,11,14-15H,1-3,9-10,12-13H2. The van der Waals surface area contributed by atoms with Gasteiger partial charge in [-0.15, -0.1) is 0 Å². The summed E-state index contributed by atoms with van der Waals surface area (Å²) in [6.07, 6.45) is 10.1. The van der Waals surface area contributed by atoms with Crippen molar-refractivity contribution >= 4 is 11.3 Å². The predicted octanol–water partition coefficient (Wildman–Crippen LogP) is 3.80. The number of anilines is 1. The zero-order valence-corrected chi connectivity index (χ0v) is 13.9. The minimum atomic E-state index is 0.0806. The molecule has 1 saturated carbocycles. The maximum absolute atomic E-state index is 4.83. The molecule has 24 heavy (non-hydrogen) atoms. The molecule has 0 atom stereocenters. The molecule has 4 nitrogen and oxygen atoms in total. The van der Waals surface area contributed by atoms with E-state index in [1.54, 1.807) is 0 Å². The summed E-state index contributed by atoms with van der Waals surface area (Å²) in [6.45, 7) is 2.39. The van der Waals surface area contributed by atoms with Crippen LogP contribution >= 0.6 is 0 Å². The highest BCUT2D eigenvalue weighted by Crippen LogP contribution is 2.48. The Hall–Kier alpha value is -2.36. The minimum Gasteiger partial charge on any atom is -0.372 e. The average Bonchev–Trinajstić information content (AvgIpc) is 3.24. The van der Waals surface area contributed by atoms with Crippen molar-refractivity contribution in [2.45, 2.75) is 37.5 Å². The van der Waals surface area contributed by atoms with Gasteiger partial charge in [0, 0.05) is 42.7 Å². The van der Waals surface area contributed by atoms with Crippen LogP contribution in [0.3, 0.4) is 0 Å². The van der Waals surface area contributed by atoms with Crippen molar-refractivity contribution in [3.63, 3.8) is 0 Å². The normalized spacial score (nSPS) is 19.6. The van der Waals surface area contributed by atoms with Crippen molar-refractivity contribution in [1.29, 1.82) is 0 Å². The number of benzene rings is 1. The Morgan fingerprint density at radius 1 is 0.958 bits per heavy atom. The fourth-order valence-corrected chi connectivity index (χ4v) is 4.25. The highest BCUT2D eigenvalue weighted by molar-refractivity contribution is 5.52. The van der Waals surface area contributed by atoms with E-state index in [1.807, 2.05) is 23.0 Å². The van der Waals surface area contributed by atoms with Crippen molar-refractivity contribution in [2.75, 3.05) is 18.0 Å². The zero-order valence-electron chi connectivity index (χ0n) is 13.9. The Kier molecular flexibility index (Phi) is 3.12. The molecule has 3 heterocycles. The van der Waals surface area contributed by atoms with E-state index in [1.165, 1.54) is 62.1 Å². The molecule has 0 spiro atoms. The van der Waals surface area contributed by atoms with Crippen LogP contribution in [0.2, 0.25) is 0 Å². The Labute approximate surface area is 142 Å². The van der Waals surface area contributed by atoms with Gasteiger partial charge in [0.1, 0.15) is 0 Å². The minimum absolute atomic E-state index is 0.0806. The topological polar surface area (TPSA) is 33.4 Å². The lowest BCUT2D eigenvalue weighted by Gasteiger charge is -2.41. The zero-order chi connectivity index (χ0) is 16.0. The second kappa shape index (κ2) is 5.33. The highest BCUT2D eigenvalue weighted by Gasteiger charge is 2.42. The molecule has 5 rings (SSSR count). The molecule has 1 aliphatic carbocycles. The van der Waals surface area contributed by atoms with Gasteiger partial charge in [0.05, 0.1) is 5.69 Å². The fraction of sp³-hybridized carbons (Fsp3) is 0.400. The number of hydrogen-bond donors (Lipinski definition) is 0. The molecule has 0 N–H and O–H groups in total. The van der Waals surface area contributed by atoms with Crippen LogP contribution in [0.5, 0.6) is 0 Å². The van der Waals surface area contributed by atoms with Gasteiger partial charge in [0.2, 0.25) is 0 Å². The molecule has 4 heteroatoms. The van der Waals surface area contributed by atoms with Crippen molar-refractivity contribution in [3.05, 3.63) is 60.0 Å². The summed E-state index contributed by atoms with van der Waals surface area (Å²) in [5, 5.41) is 4.83. The first kappa shape index (κ1) is 14.0. The quantitative estimate of drug-likeness (QED) is 0.736. The largest absolute Gasteiger partial charge is 0.372 e. The molecule has 1 aliphatic heterocycles. The van der Waals surface area contributed by atoms with Gasteiger partial charge >= 0.3 is 0 Å². The van der Waals surface area contributed by atoms with Gasteiger partial charge in [0.25, 0.3) is 0 Å². The Morgan fingerprint density at radius 3 is 2.42 bits per heavy atom. The predicted molar refractivity (Wildman–Crippen MR) is 95.5 cm³/mol. The van der Waals surface area contributed by atoms with Gasteiger partial charge in [-0.1, -0.05) is 18.6 Å². The van der Waals surface area contributed by atoms with E-state index >= 15 is 0 Å². The van der Waals surface area contributed by atoms with E-state index in [0.29, 0.717) is 0 Å². The molecule has 1 saturated heterocycles. The summed E-state index contributed by atoms with van der Waals surface area (Å²) in [4.78, 5) is 6.92. The van der Waals surface area contributed by atoms with E-state index in [9.17, 15) is 0 Å². The molecule has 0 bridgehead atoms. The molecule has 1 aromatic carbocycles. The number of nitrogens with zero attached hydrogens (tertiary/aromatic N) is 4. The van der Waals surface area contributed by atoms with E-state index in [-0.39, 0.29) is 5.41 Å². The molecular formula is C20H22N4. The highest BCUT2D eigenvalue weighted by atomic mass is 15.2. The molecule has 0 amide bonds. The molecule has 2 fully saturated rings. The van der Waals surface area contributed by atoms with Crippen LogP contribution in [0.25, 0.3) is 5.65 Å². The smallest absolute Gasteiger partial charge is 0.155 e. The molecule has 122 valence electrons. The summed E-state index contributed by atoms with van der Waals surface area (Å²) < 4.78 is 1.90. The van der Waals surface area contributed by atoms with Crippen molar-refractivity contribution < 1.29 is 0 Å². The van der Waals surface area contributed by atoms with Gasteiger partial charge in [-0.05, 0) is 49.4 Å². The SMILES string of the molecule is c1cnc2cc(C3(c4ccc(N5CCCC5)cc4)CCC3)nn2c1. The first-order chi connectivity index (χ1) is 11.9. The first-order valence-corrected chi connectivity index (χ1v) is 9.02. The fourth-order valence-electron chi connectivity index (χ4n) is 4.25. The van der Waals surface area contributed by atoms with E-state index < -0.39 is 0 Å². The number of hydrogen-bond acceptors (Lipinski definition) is 3. The van der Waals surface area contributed by atoms with Crippen LogP contribution in [0.1, 0.15) is 43.4 Å². The summed E-state index contributed by atoms with van der Waals surface area (Å²) in [5.41, 5.74) is 4.95. The maximum Gasteiger partial charge on any atom is 0.155 e. The van der Waals surface area contributed by atoms with Crippen LogP contribution in [0.15, 0.2) is 48.8 Å².